The van der Waals surface area contributed by atoms with Crippen molar-refractivity contribution >= 4 is 5.97 Å². The molecule has 0 amide bonds. The number of carbonyl (C=O) groups is 1. The first kappa shape index (κ1) is 10.9. The molecule has 2 fully saturated rings. The van der Waals surface area contributed by atoms with Crippen molar-refractivity contribution in [2.24, 2.45) is 5.92 Å². The fraction of sp³-hybridized carbons (Fsp3) is 0.917. The van der Waals surface area contributed by atoms with E-state index < -0.39 is 0 Å². The number of methoxy groups -OCH3 is 1. The van der Waals surface area contributed by atoms with Crippen molar-refractivity contribution in [3.63, 3.8) is 0 Å². The van der Waals surface area contributed by atoms with Gasteiger partial charge in [0.05, 0.1) is 7.11 Å². The third kappa shape index (κ3) is 2.33. The van der Waals surface area contributed by atoms with Crippen LogP contribution in [0.1, 0.15) is 38.5 Å². The molecule has 86 valence electrons. The highest BCUT2D eigenvalue weighted by Gasteiger charge is 2.36. The minimum Gasteiger partial charge on any atom is -0.468 e. The molecular formula is C12H21NO2. The summed E-state index contributed by atoms with van der Waals surface area (Å²) in [6, 6.07) is 0.0556. The smallest absolute Gasteiger partial charge is 0.323 e. The van der Waals surface area contributed by atoms with Crippen molar-refractivity contribution < 1.29 is 9.53 Å². The van der Waals surface area contributed by atoms with E-state index in [4.69, 9.17) is 4.74 Å². The molecule has 1 atom stereocenters. The third-order valence-corrected chi connectivity index (χ3v) is 3.82. The van der Waals surface area contributed by atoms with Crippen LogP contribution in [-0.2, 0) is 9.53 Å². The van der Waals surface area contributed by atoms with Crippen LogP contribution >= 0.6 is 0 Å². The molecule has 1 saturated heterocycles. The summed E-state index contributed by atoms with van der Waals surface area (Å²) in [6.07, 6.45) is 7.45. The second kappa shape index (κ2) is 4.97. The first-order valence-electron chi connectivity index (χ1n) is 6.15. The van der Waals surface area contributed by atoms with Crippen molar-refractivity contribution in [2.75, 3.05) is 20.2 Å². The summed E-state index contributed by atoms with van der Waals surface area (Å²) in [5.74, 6) is 0.541. The van der Waals surface area contributed by atoms with Gasteiger partial charge in [-0.2, -0.15) is 0 Å². The third-order valence-electron chi connectivity index (χ3n) is 3.82. The average molecular weight is 211 g/mol. The topological polar surface area (TPSA) is 29.5 Å². The Morgan fingerprint density at radius 1 is 1.20 bits per heavy atom. The van der Waals surface area contributed by atoms with Gasteiger partial charge in [0.2, 0.25) is 0 Å². The second-order valence-electron chi connectivity index (χ2n) is 4.76. The average Bonchev–Trinajstić information content (AvgIpc) is 2.90. The Morgan fingerprint density at radius 3 is 2.33 bits per heavy atom. The highest BCUT2D eigenvalue weighted by atomic mass is 16.5. The summed E-state index contributed by atoms with van der Waals surface area (Å²) in [5.41, 5.74) is 0. The van der Waals surface area contributed by atoms with E-state index in [0.717, 1.165) is 13.1 Å². The van der Waals surface area contributed by atoms with Crippen LogP contribution in [-0.4, -0.2) is 37.1 Å². The molecule has 0 aromatic heterocycles. The number of likely N-dealkylation sites (tertiary alicyclic amines) is 1. The quantitative estimate of drug-likeness (QED) is 0.667. The summed E-state index contributed by atoms with van der Waals surface area (Å²) >= 11 is 0. The van der Waals surface area contributed by atoms with Crippen LogP contribution < -0.4 is 0 Å². The predicted molar refractivity (Wildman–Crippen MR) is 58.6 cm³/mol. The monoisotopic (exact) mass is 211 g/mol. The molecule has 0 spiro atoms. The van der Waals surface area contributed by atoms with Crippen molar-refractivity contribution in [3.05, 3.63) is 0 Å². The number of hydrogen-bond acceptors (Lipinski definition) is 3. The van der Waals surface area contributed by atoms with Gasteiger partial charge in [-0.1, -0.05) is 12.8 Å². The zero-order valence-corrected chi connectivity index (χ0v) is 9.58. The molecule has 1 saturated carbocycles. The van der Waals surface area contributed by atoms with E-state index in [9.17, 15) is 4.79 Å². The number of ether oxygens (including phenoxy) is 1. The lowest BCUT2D eigenvalue weighted by atomic mass is 9.97. The molecule has 0 aromatic carbocycles. The first-order valence-corrected chi connectivity index (χ1v) is 6.15. The number of hydrogen-bond donors (Lipinski definition) is 0. The Bertz CT molecular complexity index is 202. The molecule has 0 N–H and O–H groups in total. The molecule has 0 bridgehead atoms. The lowest BCUT2D eigenvalue weighted by Crippen LogP contribution is -2.44. The molecule has 2 rings (SSSR count). The molecular weight excluding hydrogens is 190 g/mol. The van der Waals surface area contributed by atoms with Gasteiger partial charge >= 0.3 is 5.97 Å². The highest BCUT2D eigenvalue weighted by molar-refractivity contribution is 5.76. The van der Waals surface area contributed by atoms with E-state index >= 15 is 0 Å². The zero-order valence-electron chi connectivity index (χ0n) is 9.58. The summed E-state index contributed by atoms with van der Waals surface area (Å²) in [7, 11) is 1.51. The van der Waals surface area contributed by atoms with Gasteiger partial charge in [0.15, 0.2) is 0 Å². The molecule has 0 radical (unpaired) electrons. The van der Waals surface area contributed by atoms with E-state index in [1.165, 1.54) is 45.6 Å². The second-order valence-corrected chi connectivity index (χ2v) is 4.76. The normalized spacial score (nSPS) is 25.7. The molecule has 15 heavy (non-hydrogen) atoms. The standard InChI is InChI=1S/C12H21NO2/c1-15-12(14)11(10-6-2-3-7-10)13-8-4-5-9-13/h10-11H,2-9H2,1H3. The van der Waals surface area contributed by atoms with Crippen LogP contribution in [0.15, 0.2) is 0 Å². The maximum absolute atomic E-state index is 11.8. The molecule has 1 aliphatic heterocycles. The van der Waals surface area contributed by atoms with Gasteiger partial charge in [0.25, 0.3) is 0 Å². The van der Waals surface area contributed by atoms with E-state index in [0.29, 0.717) is 5.92 Å². The highest BCUT2D eigenvalue weighted by Crippen LogP contribution is 2.32. The molecule has 3 nitrogen and oxygen atoms in total. The summed E-state index contributed by atoms with van der Waals surface area (Å²) < 4.78 is 4.96. The van der Waals surface area contributed by atoms with Crippen LogP contribution in [0.2, 0.25) is 0 Å². The molecule has 2 aliphatic rings. The number of carbonyl (C=O) groups excluding carboxylic acids is 1. The van der Waals surface area contributed by atoms with Crippen LogP contribution in [0, 0.1) is 5.92 Å². The Morgan fingerprint density at radius 2 is 1.80 bits per heavy atom. The largest absolute Gasteiger partial charge is 0.468 e. The van der Waals surface area contributed by atoms with Crippen LogP contribution in [0.4, 0.5) is 0 Å². The van der Waals surface area contributed by atoms with Gasteiger partial charge in [0, 0.05) is 0 Å². The Kier molecular flexibility index (Phi) is 3.62. The van der Waals surface area contributed by atoms with Crippen molar-refractivity contribution in [1.29, 1.82) is 0 Å². The number of nitrogens with zero attached hydrogens (tertiary/aromatic N) is 1. The van der Waals surface area contributed by atoms with Gasteiger partial charge in [-0.15, -0.1) is 0 Å². The maximum Gasteiger partial charge on any atom is 0.323 e. The van der Waals surface area contributed by atoms with E-state index in [-0.39, 0.29) is 12.0 Å². The minimum absolute atomic E-state index is 0.0104. The molecule has 1 heterocycles. The van der Waals surface area contributed by atoms with Gasteiger partial charge in [-0.05, 0) is 44.7 Å². The lowest BCUT2D eigenvalue weighted by molar-refractivity contribution is -0.148. The molecule has 0 aromatic rings. The molecule has 1 unspecified atom stereocenters. The first-order chi connectivity index (χ1) is 7.33. The summed E-state index contributed by atoms with van der Waals surface area (Å²) in [6.45, 7) is 2.16. The predicted octanol–water partition coefficient (Wildman–Crippen LogP) is 1.81. The van der Waals surface area contributed by atoms with Gasteiger partial charge in [-0.3, -0.25) is 9.69 Å². The van der Waals surface area contributed by atoms with Crippen molar-refractivity contribution in [1.82, 2.24) is 4.90 Å². The van der Waals surface area contributed by atoms with Crippen LogP contribution in [0.25, 0.3) is 0 Å². The van der Waals surface area contributed by atoms with Crippen molar-refractivity contribution in [3.8, 4) is 0 Å². The van der Waals surface area contributed by atoms with Crippen LogP contribution in [0.3, 0.4) is 0 Å². The fourth-order valence-electron chi connectivity index (χ4n) is 3.05. The minimum atomic E-state index is -0.0104. The van der Waals surface area contributed by atoms with Gasteiger partial charge in [-0.25, -0.2) is 0 Å². The van der Waals surface area contributed by atoms with Gasteiger partial charge < -0.3 is 4.74 Å². The Balaban J connectivity index is 2.03. The van der Waals surface area contributed by atoms with Crippen molar-refractivity contribution in [2.45, 2.75) is 44.6 Å². The fourth-order valence-corrected chi connectivity index (χ4v) is 3.05. The Labute approximate surface area is 91.8 Å². The molecule has 1 aliphatic carbocycles. The summed E-state index contributed by atoms with van der Waals surface area (Å²) in [4.78, 5) is 14.2. The lowest BCUT2D eigenvalue weighted by Gasteiger charge is -2.29. The zero-order chi connectivity index (χ0) is 10.7. The van der Waals surface area contributed by atoms with E-state index in [1.54, 1.807) is 0 Å². The SMILES string of the molecule is COC(=O)C(C1CCCC1)N1CCCC1. The summed E-state index contributed by atoms with van der Waals surface area (Å²) in [5, 5.41) is 0. The van der Waals surface area contributed by atoms with Crippen LogP contribution in [0.5, 0.6) is 0 Å². The number of esters is 1. The van der Waals surface area contributed by atoms with E-state index in [2.05, 4.69) is 4.90 Å². The number of rotatable bonds is 3. The molecule has 3 heteroatoms. The van der Waals surface area contributed by atoms with Gasteiger partial charge in [0.1, 0.15) is 6.04 Å². The van der Waals surface area contributed by atoms with E-state index in [1.807, 2.05) is 0 Å². The maximum atomic E-state index is 11.8. The Hall–Kier alpha value is -0.570.